The number of ether oxygens (including phenoxy) is 2. The lowest BCUT2D eigenvalue weighted by Gasteiger charge is -2.36. The first-order valence-electron chi connectivity index (χ1n) is 6.32. The monoisotopic (exact) mass is 294 g/mol. The van der Waals surface area contributed by atoms with Crippen molar-refractivity contribution in [2.45, 2.75) is 57.2 Å². The fourth-order valence-corrected chi connectivity index (χ4v) is 6.07. The Labute approximate surface area is 115 Å². The van der Waals surface area contributed by atoms with Crippen molar-refractivity contribution in [3.05, 3.63) is 0 Å². The number of rotatable bonds is 7. The molecule has 0 aliphatic heterocycles. The van der Waals surface area contributed by atoms with Gasteiger partial charge in [0.1, 0.15) is 12.6 Å². The lowest BCUT2D eigenvalue weighted by molar-refractivity contribution is -0.145. The minimum absolute atomic E-state index is 0.270. The maximum absolute atomic E-state index is 5.43. The lowest BCUT2D eigenvalue weighted by Crippen LogP contribution is -2.35. The van der Waals surface area contributed by atoms with Crippen molar-refractivity contribution < 1.29 is 9.47 Å². The Bertz CT molecular complexity index is 223. The molecule has 0 atom stereocenters. The summed E-state index contributed by atoms with van der Waals surface area (Å²) in [6.07, 6.45) is 2.20. The van der Waals surface area contributed by atoms with E-state index in [0.29, 0.717) is 5.04 Å². The highest BCUT2D eigenvalue weighted by Gasteiger charge is 2.35. The second-order valence-corrected chi connectivity index (χ2v) is 16.9. The van der Waals surface area contributed by atoms with Gasteiger partial charge < -0.3 is 9.47 Å². The highest BCUT2D eigenvalue weighted by molar-refractivity contribution is 8.29. The van der Waals surface area contributed by atoms with Gasteiger partial charge in [-0.05, 0) is 23.6 Å². The van der Waals surface area contributed by atoms with Crippen LogP contribution in [-0.2, 0) is 9.47 Å². The molecule has 0 aromatic heterocycles. The van der Waals surface area contributed by atoms with Gasteiger partial charge in [-0.25, -0.2) is 0 Å². The lowest BCUT2D eigenvalue weighted by atomic mass is 10.2. The Morgan fingerprint density at radius 2 is 1.59 bits per heavy atom. The molecule has 0 aromatic rings. The summed E-state index contributed by atoms with van der Waals surface area (Å²) in [5.41, 5.74) is -0.270. The number of methoxy groups -OCH3 is 2. The molecular weight excluding hydrogens is 264 g/mol. The molecular formula is C12H30O2SSi2. The predicted molar refractivity (Wildman–Crippen MR) is 85.6 cm³/mol. The molecule has 0 N–H and O–H groups in total. The third-order valence-corrected chi connectivity index (χ3v) is 14.7. The summed E-state index contributed by atoms with van der Waals surface area (Å²) in [5, 5.41) is 0.470. The molecule has 104 valence electrons. The average molecular weight is 295 g/mol. The third-order valence-electron chi connectivity index (χ3n) is 3.91. The standard InChI is InChI=1S/C12H30O2SSi2/c1-11(2,3)17(6,7)15-10-8-9-12(16,13-4)14-5/h8-10H2,1-7,16H3. The van der Waals surface area contributed by atoms with E-state index in [1.165, 1.54) is 12.2 Å². The molecule has 2 nitrogen and oxygen atoms in total. The Hall–Kier alpha value is 0.704. The van der Waals surface area contributed by atoms with E-state index in [9.17, 15) is 0 Å². The van der Waals surface area contributed by atoms with Crippen molar-refractivity contribution >= 4 is 28.7 Å². The van der Waals surface area contributed by atoms with Crippen LogP contribution in [0.1, 0.15) is 33.6 Å². The van der Waals surface area contributed by atoms with Crippen LogP contribution in [0.3, 0.4) is 0 Å². The summed E-state index contributed by atoms with van der Waals surface area (Å²) >= 11 is 2.19. The number of hydrogen-bond acceptors (Lipinski definition) is 3. The van der Waals surface area contributed by atoms with Gasteiger partial charge in [0.25, 0.3) is 0 Å². The summed E-state index contributed by atoms with van der Waals surface area (Å²) in [5.74, 6) is 1.23. The van der Waals surface area contributed by atoms with Crippen LogP contribution in [-0.4, -0.2) is 42.8 Å². The van der Waals surface area contributed by atoms with Crippen molar-refractivity contribution in [2.24, 2.45) is 0 Å². The van der Waals surface area contributed by atoms with Crippen molar-refractivity contribution in [3.8, 4) is 0 Å². The molecule has 0 aliphatic carbocycles. The maximum Gasteiger partial charge on any atom is 0.140 e. The zero-order valence-corrected chi connectivity index (χ0v) is 16.7. The van der Waals surface area contributed by atoms with Gasteiger partial charge in [0.05, 0.1) is 10.2 Å². The van der Waals surface area contributed by atoms with Crippen LogP contribution in [0.2, 0.25) is 18.1 Å². The topological polar surface area (TPSA) is 18.5 Å². The molecule has 0 saturated heterocycles. The fourth-order valence-electron chi connectivity index (χ4n) is 1.22. The summed E-state index contributed by atoms with van der Waals surface area (Å²) in [4.78, 5) is 0. The fraction of sp³-hybridized carbons (Fsp3) is 1.00. The van der Waals surface area contributed by atoms with Crippen molar-refractivity contribution in [1.82, 2.24) is 0 Å². The molecule has 0 radical (unpaired) electrons. The van der Waals surface area contributed by atoms with Gasteiger partial charge in [0.15, 0.2) is 0 Å². The van der Waals surface area contributed by atoms with E-state index in [-0.39, 0.29) is 5.41 Å². The highest BCUT2D eigenvalue weighted by Crippen LogP contribution is 2.43. The molecule has 0 bridgehead atoms. The van der Waals surface area contributed by atoms with Crippen molar-refractivity contribution in [1.29, 1.82) is 0 Å². The molecule has 0 aromatic carbocycles. The van der Waals surface area contributed by atoms with Crippen LogP contribution in [0.5, 0.6) is 0 Å². The SMILES string of the molecule is COC([SiH3])(CCCS[Si](C)(C)C(C)(C)C)OC. The average Bonchev–Trinajstić information content (AvgIpc) is 2.22. The first kappa shape index (κ1) is 17.7. The second kappa shape index (κ2) is 6.75. The largest absolute Gasteiger partial charge is 0.358 e. The molecule has 0 saturated carbocycles. The van der Waals surface area contributed by atoms with E-state index in [0.717, 1.165) is 16.7 Å². The first-order chi connectivity index (χ1) is 7.58. The predicted octanol–water partition coefficient (Wildman–Crippen LogP) is 2.82. The third kappa shape index (κ3) is 5.92. The van der Waals surface area contributed by atoms with Crippen molar-refractivity contribution in [2.75, 3.05) is 20.0 Å². The minimum Gasteiger partial charge on any atom is -0.358 e. The van der Waals surface area contributed by atoms with E-state index < -0.39 is 7.22 Å². The molecule has 5 heteroatoms. The molecule has 0 heterocycles. The van der Waals surface area contributed by atoms with E-state index >= 15 is 0 Å². The van der Waals surface area contributed by atoms with Gasteiger partial charge in [-0.3, -0.25) is 0 Å². The highest BCUT2D eigenvalue weighted by atomic mass is 32.4. The molecule has 0 amide bonds. The summed E-state index contributed by atoms with van der Waals surface area (Å²) in [6, 6.07) is 0. The van der Waals surface area contributed by atoms with Gasteiger partial charge in [0, 0.05) is 14.2 Å². The zero-order valence-electron chi connectivity index (χ0n) is 12.8. The summed E-state index contributed by atoms with van der Waals surface area (Å²) in [6.45, 7) is 12.0. The van der Waals surface area contributed by atoms with Crippen LogP contribution < -0.4 is 0 Å². The van der Waals surface area contributed by atoms with Gasteiger partial charge in [-0.15, -0.1) is 0 Å². The van der Waals surface area contributed by atoms with Crippen LogP contribution in [0, 0.1) is 0 Å². The molecule has 0 spiro atoms. The molecule has 17 heavy (non-hydrogen) atoms. The van der Waals surface area contributed by atoms with Gasteiger partial charge in [-0.1, -0.05) is 33.9 Å². The quantitative estimate of drug-likeness (QED) is 0.409. The van der Waals surface area contributed by atoms with E-state index in [2.05, 4.69) is 45.1 Å². The second-order valence-electron chi connectivity index (χ2n) is 6.25. The van der Waals surface area contributed by atoms with Gasteiger partial charge in [-0.2, -0.15) is 11.2 Å². The van der Waals surface area contributed by atoms with E-state index in [1.54, 1.807) is 14.2 Å². The van der Waals surface area contributed by atoms with Crippen LogP contribution in [0.4, 0.5) is 0 Å². The maximum atomic E-state index is 5.43. The molecule has 0 fully saturated rings. The van der Waals surface area contributed by atoms with Crippen LogP contribution in [0.25, 0.3) is 0 Å². The van der Waals surface area contributed by atoms with E-state index in [1.807, 2.05) is 0 Å². The number of hydrogen-bond donors (Lipinski definition) is 0. The Balaban J connectivity index is 4.01. The van der Waals surface area contributed by atoms with E-state index in [4.69, 9.17) is 9.47 Å². The molecule has 0 unspecified atom stereocenters. The Morgan fingerprint density at radius 3 is 1.94 bits per heavy atom. The Kier molecular flexibility index (Phi) is 7.03. The van der Waals surface area contributed by atoms with Gasteiger partial charge >= 0.3 is 0 Å². The van der Waals surface area contributed by atoms with Crippen LogP contribution in [0.15, 0.2) is 0 Å². The molecule has 0 aliphatic rings. The van der Waals surface area contributed by atoms with Crippen molar-refractivity contribution in [3.63, 3.8) is 0 Å². The molecule has 0 rings (SSSR count). The normalized spacial score (nSPS) is 14.3. The van der Waals surface area contributed by atoms with Gasteiger partial charge in [0.2, 0.25) is 0 Å². The van der Waals surface area contributed by atoms with Crippen LogP contribution >= 0.6 is 11.2 Å². The summed E-state index contributed by atoms with van der Waals surface area (Å²) in [7, 11) is 3.24. The Morgan fingerprint density at radius 1 is 1.12 bits per heavy atom. The summed E-state index contributed by atoms with van der Waals surface area (Å²) < 4.78 is 10.9. The zero-order chi connectivity index (χ0) is 13.7. The first-order valence-corrected chi connectivity index (χ1v) is 12.0. The minimum atomic E-state index is -1.18. The smallest absolute Gasteiger partial charge is 0.140 e.